The zero-order chi connectivity index (χ0) is 15.1. The molecule has 0 bridgehead atoms. The predicted molar refractivity (Wildman–Crippen MR) is 79.9 cm³/mol. The van der Waals surface area contributed by atoms with Crippen molar-refractivity contribution in [2.45, 2.75) is 26.9 Å². The van der Waals surface area contributed by atoms with E-state index in [2.05, 4.69) is 10.2 Å². The molecule has 0 fully saturated rings. The molecular formula is C16H20N2O3. The molecule has 1 heterocycles. The summed E-state index contributed by atoms with van der Waals surface area (Å²) in [4.78, 5) is 0. The highest BCUT2D eigenvalue weighted by atomic mass is 16.5. The molecule has 0 N–H and O–H groups in total. The lowest BCUT2D eigenvalue weighted by molar-refractivity contribution is 0.0627. The lowest BCUT2D eigenvalue weighted by Gasteiger charge is -2.13. The zero-order valence-corrected chi connectivity index (χ0v) is 12.6. The van der Waals surface area contributed by atoms with Gasteiger partial charge in [0.05, 0.1) is 6.61 Å². The minimum atomic E-state index is -0.0666. The number of hydrogen-bond donors (Lipinski definition) is 0. The Labute approximate surface area is 124 Å². The maximum absolute atomic E-state index is 5.60. The molecule has 1 aromatic carbocycles. The fourth-order valence-corrected chi connectivity index (χ4v) is 1.68. The van der Waals surface area contributed by atoms with Crippen LogP contribution >= 0.6 is 0 Å². The molecule has 5 nitrogen and oxygen atoms in total. The van der Waals surface area contributed by atoms with E-state index in [0.717, 1.165) is 5.75 Å². The van der Waals surface area contributed by atoms with Crippen molar-refractivity contribution in [2.75, 3.05) is 13.2 Å². The van der Waals surface area contributed by atoms with E-state index < -0.39 is 0 Å². The Morgan fingerprint density at radius 1 is 1.00 bits per heavy atom. The van der Waals surface area contributed by atoms with Crippen LogP contribution in [-0.2, 0) is 4.74 Å². The van der Waals surface area contributed by atoms with Crippen LogP contribution in [-0.4, -0.2) is 29.5 Å². The third kappa shape index (κ3) is 5.04. The van der Waals surface area contributed by atoms with Gasteiger partial charge in [-0.2, -0.15) is 0 Å². The molecule has 21 heavy (non-hydrogen) atoms. The van der Waals surface area contributed by atoms with Crippen LogP contribution in [0.5, 0.6) is 17.5 Å². The summed E-state index contributed by atoms with van der Waals surface area (Å²) in [6.45, 7) is 7.10. The summed E-state index contributed by atoms with van der Waals surface area (Å²) in [5.41, 5.74) is 1.18. The van der Waals surface area contributed by atoms with E-state index in [1.807, 2.05) is 45.0 Å². The van der Waals surface area contributed by atoms with Crippen LogP contribution in [0.25, 0.3) is 0 Å². The summed E-state index contributed by atoms with van der Waals surface area (Å²) in [5.74, 6) is 1.62. The molecule has 0 saturated heterocycles. The predicted octanol–water partition coefficient (Wildman–Crippen LogP) is 3.38. The monoisotopic (exact) mass is 288 g/mol. The highest BCUT2D eigenvalue weighted by Crippen LogP contribution is 2.20. The van der Waals surface area contributed by atoms with Gasteiger partial charge in [-0.1, -0.05) is 17.7 Å². The molecule has 0 radical (unpaired) electrons. The van der Waals surface area contributed by atoms with Crippen molar-refractivity contribution in [1.29, 1.82) is 0 Å². The van der Waals surface area contributed by atoms with Crippen molar-refractivity contribution in [2.24, 2.45) is 0 Å². The van der Waals surface area contributed by atoms with Gasteiger partial charge < -0.3 is 14.2 Å². The first-order valence-corrected chi connectivity index (χ1v) is 7.00. The molecule has 0 amide bonds. The molecule has 1 atom stereocenters. The molecule has 0 aliphatic heterocycles. The summed E-state index contributed by atoms with van der Waals surface area (Å²) < 4.78 is 16.5. The van der Waals surface area contributed by atoms with E-state index in [1.54, 1.807) is 12.1 Å². The molecule has 1 aromatic heterocycles. The summed E-state index contributed by atoms with van der Waals surface area (Å²) in [6, 6.07) is 11.2. The second-order valence-corrected chi connectivity index (χ2v) is 4.71. The molecule has 2 rings (SSSR count). The van der Waals surface area contributed by atoms with Gasteiger partial charge in [-0.3, -0.25) is 0 Å². The van der Waals surface area contributed by atoms with Crippen LogP contribution in [0.4, 0.5) is 0 Å². The quantitative estimate of drug-likeness (QED) is 0.781. The second kappa shape index (κ2) is 7.59. The number of aromatic nitrogens is 2. The maximum Gasteiger partial charge on any atom is 0.239 e. The van der Waals surface area contributed by atoms with Crippen LogP contribution < -0.4 is 9.47 Å². The first kappa shape index (κ1) is 15.3. The van der Waals surface area contributed by atoms with E-state index in [4.69, 9.17) is 14.2 Å². The molecule has 0 spiro atoms. The van der Waals surface area contributed by atoms with Crippen molar-refractivity contribution in [1.82, 2.24) is 10.2 Å². The van der Waals surface area contributed by atoms with Crippen molar-refractivity contribution >= 4 is 0 Å². The number of nitrogens with zero attached hydrogens (tertiary/aromatic N) is 2. The molecule has 5 heteroatoms. The van der Waals surface area contributed by atoms with Gasteiger partial charge in [-0.15, -0.1) is 10.2 Å². The average molecular weight is 288 g/mol. The molecule has 112 valence electrons. The highest BCUT2D eigenvalue weighted by molar-refractivity contribution is 5.30. The Hall–Kier alpha value is -2.14. The van der Waals surface area contributed by atoms with Gasteiger partial charge in [0, 0.05) is 18.7 Å². The van der Waals surface area contributed by atoms with E-state index in [1.165, 1.54) is 5.56 Å². The Balaban J connectivity index is 1.91. The average Bonchev–Trinajstić information content (AvgIpc) is 2.49. The van der Waals surface area contributed by atoms with Crippen LogP contribution in [0.1, 0.15) is 19.4 Å². The van der Waals surface area contributed by atoms with E-state index >= 15 is 0 Å². The molecule has 2 aromatic rings. The normalized spacial score (nSPS) is 12.0. The third-order valence-corrected chi connectivity index (χ3v) is 2.74. The number of ether oxygens (including phenoxy) is 3. The zero-order valence-electron chi connectivity index (χ0n) is 12.6. The van der Waals surface area contributed by atoms with E-state index in [9.17, 15) is 0 Å². The van der Waals surface area contributed by atoms with Crippen molar-refractivity contribution in [3.8, 4) is 17.5 Å². The fourth-order valence-electron chi connectivity index (χ4n) is 1.68. The topological polar surface area (TPSA) is 53.5 Å². The largest absolute Gasteiger partial charge is 0.471 e. The van der Waals surface area contributed by atoms with Crippen molar-refractivity contribution in [3.05, 3.63) is 42.0 Å². The Morgan fingerprint density at radius 2 is 1.67 bits per heavy atom. The van der Waals surface area contributed by atoms with Crippen molar-refractivity contribution < 1.29 is 14.2 Å². The minimum absolute atomic E-state index is 0.0666. The fraction of sp³-hybridized carbons (Fsp3) is 0.375. The third-order valence-electron chi connectivity index (χ3n) is 2.74. The first-order valence-electron chi connectivity index (χ1n) is 7.00. The van der Waals surface area contributed by atoms with Crippen LogP contribution in [0.3, 0.4) is 0 Å². The molecule has 0 saturated carbocycles. The first-order chi connectivity index (χ1) is 10.2. The van der Waals surface area contributed by atoms with E-state index in [0.29, 0.717) is 25.0 Å². The second-order valence-electron chi connectivity index (χ2n) is 4.71. The van der Waals surface area contributed by atoms with Gasteiger partial charge in [0.25, 0.3) is 0 Å². The van der Waals surface area contributed by atoms with Gasteiger partial charge in [0.2, 0.25) is 11.8 Å². The minimum Gasteiger partial charge on any atom is -0.471 e. The lowest BCUT2D eigenvalue weighted by Crippen LogP contribution is -2.19. The van der Waals surface area contributed by atoms with Gasteiger partial charge >= 0.3 is 0 Å². The van der Waals surface area contributed by atoms with Crippen molar-refractivity contribution in [3.63, 3.8) is 0 Å². The summed E-state index contributed by atoms with van der Waals surface area (Å²) in [7, 11) is 0. The van der Waals surface area contributed by atoms with Gasteiger partial charge in [-0.05, 0) is 32.9 Å². The SMILES string of the molecule is CCOCC(C)Oc1ccc(Oc2ccc(C)cc2)nn1. The summed E-state index contributed by atoms with van der Waals surface area (Å²) >= 11 is 0. The Kier molecular flexibility index (Phi) is 5.51. The number of benzene rings is 1. The number of rotatable bonds is 7. The van der Waals surface area contributed by atoms with Crippen LogP contribution in [0.15, 0.2) is 36.4 Å². The standard InChI is InChI=1S/C16H20N2O3/c1-4-19-11-13(3)20-15-9-10-16(18-17-15)21-14-7-5-12(2)6-8-14/h5-10,13H,4,11H2,1-3H3. The molecular weight excluding hydrogens is 268 g/mol. The lowest BCUT2D eigenvalue weighted by atomic mass is 10.2. The molecule has 1 unspecified atom stereocenters. The highest BCUT2D eigenvalue weighted by Gasteiger charge is 2.06. The Bertz CT molecular complexity index is 540. The van der Waals surface area contributed by atoms with Crippen LogP contribution in [0.2, 0.25) is 0 Å². The van der Waals surface area contributed by atoms with Gasteiger partial charge in [0.15, 0.2) is 0 Å². The Morgan fingerprint density at radius 3 is 2.29 bits per heavy atom. The van der Waals surface area contributed by atoms with Crippen LogP contribution in [0, 0.1) is 6.92 Å². The summed E-state index contributed by atoms with van der Waals surface area (Å²) in [5, 5.41) is 7.98. The molecule has 0 aliphatic rings. The van der Waals surface area contributed by atoms with Gasteiger partial charge in [0.1, 0.15) is 11.9 Å². The van der Waals surface area contributed by atoms with Gasteiger partial charge in [-0.25, -0.2) is 0 Å². The smallest absolute Gasteiger partial charge is 0.239 e. The number of aryl methyl sites for hydroxylation is 1. The maximum atomic E-state index is 5.60. The van der Waals surface area contributed by atoms with E-state index in [-0.39, 0.29) is 6.10 Å². The number of hydrogen-bond acceptors (Lipinski definition) is 5. The molecule has 0 aliphatic carbocycles. The summed E-state index contributed by atoms with van der Waals surface area (Å²) in [6.07, 6.45) is -0.0666.